The fraction of sp³-hybridized carbons (Fsp3) is 0.625. The van der Waals surface area contributed by atoms with Gasteiger partial charge in [-0.1, -0.05) is 6.92 Å². The van der Waals surface area contributed by atoms with Crippen LogP contribution in [0.2, 0.25) is 0 Å². The van der Waals surface area contributed by atoms with Gasteiger partial charge in [0.05, 0.1) is 17.6 Å². The van der Waals surface area contributed by atoms with Crippen LogP contribution in [0.15, 0.2) is 12.4 Å². The van der Waals surface area contributed by atoms with Gasteiger partial charge in [-0.25, -0.2) is 8.42 Å². The first kappa shape index (κ1) is 13.8. The lowest BCUT2D eigenvalue weighted by Crippen LogP contribution is -2.18. The summed E-state index contributed by atoms with van der Waals surface area (Å²) >= 11 is 0. The summed E-state index contributed by atoms with van der Waals surface area (Å²) in [6.45, 7) is 0.439. The summed E-state index contributed by atoms with van der Waals surface area (Å²) in [4.78, 5) is 0. The minimum Gasteiger partial charge on any atom is -0.280 e. The van der Waals surface area contributed by atoms with Gasteiger partial charge in [-0.05, 0) is 6.42 Å². The number of hydrogen-bond acceptors (Lipinski definition) is 3. The van der Waals surface area contributed by atoms with Crippen LogP contribution in [-0.4, -0.2) is 30.1 Å². The molecule has 0 aliphatic rings. The molecule has 0 saturated carbocycles. The normalized spacial score (nSPS) is 12.7. The Kier molecular flexibility index (Phi) is 4.02. The first-order chi connectivity index (χ1) is 7.72. The number of sulfonamides is 1. The quantitative estimate of drug-likeness (QED) is 0.884. The van der Waals surface area contributed by atoms with Gasteiger partial charge in [0.1, 0.15) is 6.54 Å². The number of aromatic nitrogens is 2. The van der Waals surface area contributed by atoms with E-state index in [1.807, 2.05) is 0 Å². The number of nitrogens with zero attached hydrogens (tertiary/aromatic N) is 2. The number of alkyl halides is 3. The SMILES string of the molecule is CCCS(=O)(=O)Nc1cnn(CC(F)(F)F)c1. The molecule has 0 amide bonds. The molecule has 1 heterocycles. The van der Waals surface area contributed by atoms with Crippen LogP contribution in [0.3, 0.4) is 0 Å². The molecule has 98 valence electrons. The van der Waals surface area contributed by atoms with Crippen molar-refractivity contribution in [2.75, 3.05) is 10.5 Å². The Morgan fingerprint density at radius 1 is 1.47 bits per heavy atom. The van der Waals surface area contributed by atoms with E-state index in [9.17, 15) is 21.6 Å². The van der Waals surface area contributed by atoms with Crippen molar-refractivity contribution in [3.8, 4) is 0 Å². The molecule has 0 saturated heterocycles. The van der Waals surface area contributed by atoms with Crippen LogP contribution < -0.4 is 4.72 Å². The van der Waals surface area contributed by atoms with Gasteiger partial charge in [0.2, 0.25) is 10.0 Å². The molecule has 0 aliphatic carbocycles. The summed E-state index contributed by atoms with van der Waals surface area (Å²) < 4.78 is 61.5. The first-order valence-corrected chi connectivity index (χ1v) is 6.47. The van der Waals surface area contributed by atoms with Crippen molar-refractivity contribution in [3.63, 3.8) is 0 Å². The Bertz CT molecular complexity index is 467. The van der Waals surface area contributed by atoms with Gasteiger partial charge in [0, 0.05) is 6.20 Å². The van der Waals surface area contributed by atoms with Crippen LogP contribution >= 0.6 is 0 Å². The maximum absolute atomic E-state index is 12.0. The van der Waals surface area contributed by atoms with Gasteiger partial charge < -0.3 is 0 Å². The molecule has 0 fully saturated rings. The molecule has 0 radical (unpaired) electrons. The van der Waals surface area contributed by atoms with E-state index in [4.69, 9.17) is 0 Å². The molecule has 0 aliphatic heterocycles. The largest absolute Gasteiger partial charge is 0.408 e. The highest BCUT2D eigenvalue weighted by molar-refractivity contribution is 7.92. The average Bonchev–Trinajstić information content (AvgIpc) is 2.47. The van der Waals surface area contributed by atoms with Gasteiger partial charge in [-0.15, -0.1) is 0 Å². The molecule has 0 spiro atoms. The average molecular weight is 271 g/mol. The Balaban J connectivity index is 2.69. The number of nitrogens with one attached hydrogen (secondary N) is 1. The van der Waals surface area contributed by atoms with Crippen LogP contribution in [0.4, 0.5) is 18.9 Å². The standard InChI is InChI=1S/C8H12F3N3O2S/c1-2-3-17(15,16)13-7-4-12-14(5-7)6-8(9,10)11/h4-5,13H,2-3,6H2,1H3. The van der Waals surface area contributed by atoms with E-state index in [1.54, 1.807) is 6.92 Å². The number of rotatable bonds is 5. The molecule has 0 aromatic carbocycles. The van der Waals surface area contributed by atoms with Crippen molar-refractivity contribution in [1.29, 1.82) is 0 Å². The maximum atomic E-state index is 12.0. The predicted molar refractivity (Wildman–Crippen MR) is 56.0 cm³/mol. The fourth-order valence-corrected chi connectivity index (χ4v) is 2.29. The highest BCUT2D eigenvalue weighted by Gasteiger charge is 2.28. The van der Waals surface area contributed by atoms with Crippen LogP contribution in [0.1, 0.15) is 13.3 Å². The summed E-state index contributed by atoms with van der Waals surface area (Å²) in [5, 5.41) is 3.42. The summed E-state index contributed by atoms with van der Waals surface area (Å²) in [7, 11) is -3.50. The zero-order chi connectivity index (χ0) is 13.1. The fourth-order valence-electron chi connectivity index (χ4n) is 1.19. The third-order valence-electron chi connectivity index (χ3n) is 1.72. The zero-order valence-corrected chi connectivity index (χ0v) is 9.85. The summed E-state index contributed by atoms with van der Waals surface area (Å²) in [5.41, 5.74) is 0.0303. The van der Waals surface area contributed by atoms with Crippen LogP contribution in [-0.2, 0) is 16.6 Å². The molecule has 1 rings (SSSR count). The summed E-state index contributed by atoms with van der Waals surface area (Å²) in [6.07, 6.45) is -1.92. The van der Waals surface area contributed by atoms with Crippen LogP contribution in [0.5, 0.6) is 0 Å². The lowest BCUT2D eigenvalue weighted by atomic mass is 10.6. The van der Waals surface area contributed by atoms with Gasteiger partial charge in [0.25, 0.3) is 0 Å². The van der Waals surface area contributed by atoms with E-state index in [1.165, 1.54) is 0 Å². The Labute approximate surface area is 96.7 Å². The third kappa shape index (κ3) is 5.07. The first-order valence-electron chi connectivity index (χ1n) is 4.81. The van der Waals surface area contributed by atoms with Crippen molar-refractivity contribution in [3.05, 3.63) is 12.4 Å². The molecule has 1 aromatic rings. The topological polar surface area (TPSA) is 64.0 Å². The summed E-state index contributed by atoms with van der Waals surface area (Å²) in [6, 6.07) is 0. The van der Waals surface area contributed by atoms with Crippen molar-refractivity contribution in [2.24, 2.45) is 0 Å². The molecule has 17 heavy (non-hydrogen) atoms. The third-order valence-corrected chi connectivity index (χ3v) is 3.21. The molecule has 0 bridgehead atoms. The Morgan fingerprint density at radius 3 is 2.65 bits per heavy atom. The van der Waals surface area contributed by atoms with Crippen molar-refractivity contribution in [2.45, 2.75) is 26.1 Å². The number of hydrogen-bond donors (Lipinski definition) is 1. The van der Waals surface area contributed by atoms with Gasteiger partial charge in [-0.3, -0.25) is 9.40 Å². The molecule has 5 nitrogen and oxygen atoms in total. The molecular weight excluding hydrogens is 259 g/mol. The highest BCUT2D eigenvalue weighted by atomic mass is 32.2. The Hall–Kier alpha value is -1.25. The molecule has 1 N–H and O–H groups in total. The molecule has 9 heteroatoms. The second kappa shape index (κ2) is 4.94. The molecule has 0 unspecified atom stereocenters. The lowest BCUT2D eigenvalue weighted by molar-refractivity contribution is -0.142. The van der Waals surface area contributed by atoms with Crippen LogP contribution in [0.25, 0.3) is 0 Å². The maximum Gasteiger partial charge on any atom is 0.408 e. The molecule has 0 atom stereocenters. The van der Waals surface area contributed by atoms with Gasteiger partial charge in [-0.2, -0.15) is 18.3 Å². The Morgan fingerprint density at radius 2 is 2.12 bits per heavy atom. The number of halogens is 3. The van der Waals surface area contributed by atoms with Crippen molar-refractivity contribution in [1.82, 2.24) is 9.78 Å². The second-order valence-electron chi connectivity index (χ2n) is 3.46. The summed E-state index contributed by atoms with van der Waals surface area (Å²) in [5.74, 6) is -0.0859. The number of anilines is 1. The molecular formula is C8H12F3N3O2S. The van der Waals surface area contributed by atoms with Crippen LogP contribution in [0, 0.1) is 0 Å². The molecule has 1 aromatic heterocycles. The van der Waals surface area contributed by atoms with E-state index in [0.717, 1.165) is 12.4 Å². The van der Waals surface area contributed by atoms with E-state index >= 15 is 0 Å². The van der Waals surface area contributed by atoms with Crippen molar-refractivity contribution < 1.29 is 21.6 Å². The minimum atomic E-state index is -4.38. The van der Waals surface area contributed by atoms with E-state index in [2.05, 4.69) is 9.82 Å². The smallest absolute Gasteiger partial charge is 0.280 e. The highest BCUT2D eigenvalue weighted by Crippen LogP contribution is 2.18. The van der Waals surface area contributed by atoms with E-state index in [0.29, 0.717) is 11.1 Å². The minimum absolute atomic E-state index is 0.0303. The monoisotopic (exact) mass is 271 g/mol. The zero-order valence-electron chi connectivity index (χ0n) is 9.03. The predicted octanol–water partition coefficient (Wildman–Crippen LogP) is 1.60. The van der Waals surface area contributed by atoms with Gasteiger partial charge in [0.15, 0.2) is 0 Å². The van der Waals surface area contributed by atoms with Gasteiger partial charge >= 0.3 is 6.18 Å². The van der Waals surface area contributed by atoms with E-state index < -0.39 is 22.7 Å². The lowest BCUT2D eigenvalue weighted by Gasteiger charge is -2.05. The van der Waals surface area contributed by atoms with E-state index in [-0.39, 0.29) is 11.4 Å². The second-order valence-corrected chi connectivity index (χ2v) is 5.30. The van der Waals surface area contributed by atoms with Crippen molar-refractivity contribution >= 4 is 15.7 Å².